The van der Waals surface area contributed by atoms with Crippen LogP contribution < -0.4 is 5.32 Å². The highest BCUT2D eigenvalue weighted by molar-refractivity contribution is 5.67. The third-order valence-corrected chi connectivity index (χ3v) is 3.26. The third kappa shape index (κ3) is 2.07. The standard InChI is InChI=1S/C10H17NO3/c12-9(13)5-8-6-11-10(7-14-8)3-1-2-4-10/h8,11H,1-7H2,(H,12,13)/t8-/m0/s1. The van der Waals surface area contributed by atoms with E-state index in [0.29, 0.717) is 13.2 Å². The number of morpholine rings is 1. The maximum Gasteiger partial charge on any atom is 0.306 e. The Morgan fingerprint density at radius 2 is 2.21 bits per heavy atom. The number of rotatable bonds is 2. The Labute approximate surface area is 83.6 Å². The van der Waals surface area contributed by atoms with Gasteiger partial charge >= 0.3 is 5.97 Å². The molecule has 2 rings (SSSR count). The fourth-order valence-electron chi connectivity index (χ4n) is 2.42. The van der Waals surface area contributed by atoms with Crippen molar-refractivity contribution in [2.75, 3.05) is 13.2 Å². The normalized spacial score (nSPS) is 30.7. The van der Waals surface area contributed by atoms with Crippen molar-refractivity contribution in [3.8, 4) is 0 Å². The monoisotopic (exact) mass is 199 g/mol. The number of hydrogen-bond acceptors (Lipinski definition) is 3. The summed E-state index contributed by atoms with van der Waals surface area (Å²) in [6, 6.07) is 0. The molecule has 4 nitrogen and oxygen atoms in total. The first-order chi connectivity index (χ1) is 6.70. The lowest BCUT2D eigenvalue weighted by molar-refractivity contribution is -0.142. The zero-order valence-corrected chi connectivity index (χ0v) is 8.29. The van der Waals surface area contributed by atoms with Crippen molar-refractivity contribution < 1.29 is 14.6 Å². The van der Waals surface area contributed by atoms with Crippen LogP contribution in [0.4, 0.5) is 0 Å². The van der Waals surface area contributed by atoms with E-state index in [9.17, 15) is 4.79 Å². The van der Waals surface area contributed by atoms with Gasteiger partial charge in [0.25, 0.3) is 0 Å². The molecule has 1 spiro atoms. The van der Waals surface area contributed by atoms with Crippen molar-refractivity contribution in [1.29, 1.82) is 0 Å². The predicted octanol–water partition coefficient (Wildman–Crippen LogP) is 0.762. The van der Waals surface area contributed by atoms with Gasteiger partial charge in [0, 0.05) is 12.1 Å². The van der Waals surface area contributed by atoms with Crippen molar-refractivity contribution in [3.05, 3.63) is 0 Å². The molecule has 0 amide bonds. The molecule has 0 aromatic carbocycles. The third-order valence-electron chi connectivity index (χ3n) is 3.26. The summed E-state index contributed by atoms with van der Waals surface area (Å²) in [6.07, 6.45) is 4.85. The fraction of sp³-hybridized carbons (Fsp3) is 0.900. The van der Waals surface area contributed by atoms with Crippen LogP contribution in [0.25, 0.3) is 0 Å². The molecular formula is C10H17NO3. The van der Waals surface area contributed by atoms with E-state index in [1.54, 1.807) is 0 Å². The molecule has 2 N–H and O–H groups in total. The molecule has 0 bridgehead atoms. The van der Waals surface area contributed by atoms with E-state index in [-0.39, 0.29) is 18.1 Å². The van der Waals surface area contributed by atoms with Crippen LogP contribution in [0.3, 0.4) is 0 Å². The van der Waals surface area contributed by atoms with E-state index >= 15 is 0 Å². The van der Waals surface area contributed by atoms with Crippen LogP contribution in [0.5, 0.6) is 0 Å². The number of hydrogen-bond donors (Lipinski definition) is 2. The lowest BCUT2D eigenvalue weighted by atomic mass is 9.96. The molecule has 1 atom stereocenters. The minimum Gasteiger partial charge on any atom is -0.481 e. The van der Waals surface area contributed by atoms with Crippen molar-refractivity contribution in [1.82, 2.24) is 5.32 Å². The lowest BCUT2D eigenvalue weighted by Gasteiger charge is -2.38. The minimum absolute atomic E-state index is 0.114. The first kappa shape index (κ1) is 9.93. The Bertz CT molecular complexity index is 213. The quantitative estimate of drug-likeness (QED) is 0.689. The Balaban J connectivity index is 1.82. The van der Waals surface area contributed by atoms with Gasteiger partial charge in [-0.25, -0.2) is 0 Å². The van der Waals surface area contributed by atoms with E-state index < -0.39 is 5.97 Å². The number of carboxylic acid groups (broad SMARTS) is 1. The van der Waals surface area contributed by atoms with Gasteiger partial charge in [-0.1, -0.05) is 12.8 Å². The van der Waals surface area contributed by atoms with Crippen molar-refractivity contribution >= 4 is 5.97 Å². The van der Waals surface area contributed by atoms with Gasteiger partial charge in [0.1, 0.15) is 0 Å². The summed E-state index contributed by atoms with van der Waals surface area (Å²) < 4.78 is 5.58. The molecule has 80 valence electrons. The molecule has 1 heterocycles. The van der Waals surface area contributed by atoms with Crippen LogP contribution in [-0.4, -0.2) is 35.9 Å². The Morgan fingerprint density at radius 1 is 1.50 bits per heavy atom. The van der Waals surface area contributed by atoms with E-state index in [4.69, 9.17) is 9.84 Å². The highest BCUT2D eigenvalue weighted by Gasteiger charge is 2.38. The summed E-state index contributed by atoms with van der Waals surface area (Å²) in [7, 11) is 0. The maximum atomic E-state index is 10.5. The molecule has 4 heteroatoms. The average molecular weight is 199 g/mol. The first-order valence-corrected chi connectivity index (χ1v) is 5.29. The van der Waals surface area contributed by atoms with Crippen LogP contribution in [0.2, 0.25) is 0 Å². The molecule has 1 saturated carbocycles. The van der Waals surface area contributed by atoms with E-state index in [1.807, 2.05) is 0 Å². The molecule has 0 unspecified atom stereocenters. The topological polar surface area (TPSA) is 58.6 Å². The molecule has 0 aromatic rings. The SMILES string of the molecule is O=C(O)C[C@H]1CNC2(CCCC2)CO1. The van der Waals surface area contributed by atoms with Gasteiger partial charge in [-0.05, 0) is 12.8 Å². The second-order valence-electron chi connectivity index (χ2n) is 4.40. The second kappa shape index (κ2) is 3.87. The number of carboxylic acids is 1. The van der Waals surface area contributed by atoms with Gasteiger partial charge in [0.15, 0.2) is 0 Å². The summed E-state index contributed by atoms with van der Waals surface area (Å²) in [5.41, 5.74) is 0.176. The van der Waals surface area contributed by atoms with Gasteiger partial charge in [-0.3, -0.25) is 4.79 Å². The minimum atomic E-state index is -0.779. The van der Waals surface area contributed by atoms with Crippen molar-refractivity contribution in [3.63, 3.8) is 0 Å². The summed E-state index contributed by atoms with van der Waals surface area (Å²) in [6.45, 7) is 1.37. The van der Waals surface area contributed by atoms with Gasteiger partial charge < -0.3 is 15.2 Å². The van der Waals surface area contributed by atoms with Gasteiger partial charge in [-0.15, -0.1) is 0 Å². The predicted molar refractivity (Wildman–Crippen MR) is 51.2 cm³/mol. The van der Waals surface area contributed by atoms with Crippen molar-refractivity contribution in [2.45, 2.75) is 43.7 Å². The summed E-state index contributed by atoms with van der Waals surface area (Å²) in [4.78, 5) is 10.5. The highest BCUT2D eigenvalue weighted by atomic mass is 16.5. The lowest BCUT2D eigenvalue weighted by Crippen LogP contribution is -2.55. The van der Waals surface area contributed by atoms with Crippen LogP contribution in [0.15, 0.2) is 0 Å². The van der Waals surface area contributed by atoms with Crippen LogP contribution in [0.1, 0.15) is 32.1 Å². The fourth-order valence-corrected chi connectivity index (χ4v) is 2.42. The van der Waals surface area contributed by atoms with Gasteiger partial charge in [-0.2, -0.15) is 0 Å². The largest absolute Gasteiger partial charge is 0.481 e. The van der Waals surface area contributed by atoms with Crippen molar-refractivity contribution in [2.24, 2.45) is 0 Å². The molecule has 14 heavy (non-hydrogen) atoms. The molecule has 2 fully saturated rings. The smallest absolute Gasteiger partial charge is 0.306 e. The highest BCUT2D eigenvalue weighted by Crippen LogP contribution is 2.32. The van der Waals surface area contributed by atoms with Crippen LogP contribution >= 0.6 is 0 Å². The molecule has 1 aliphatic heterocycles. The zero-order valence-electron chi connectivity index (χ0n) is 8.29. The number of ether oxygens (including phenoxy) is 1. The molecule has 1 saturated heterocycles. The van der Waals surface area contributed by atoms with E-state index in [0.717, 1.165) is 0 Å². The van der Waals surface area contributed by atoms with Gasteiger partial charge in [0.2, 0.25) is 0 Å². The maximum absolute atomic E-state index is 10.5. The molecular weight excluding hydrogens is 182 g/mol. The van der Waals surface area contributed by atoms with Gasteiger partial charge in [0.05, 0.1) is 19.1 Å². The molecule has 0 radical (unpaired) electrons. The first-order valence-electron chi connectivity index (χ1n) is 5.29. The van der Waals surface area contributed by atoms with Crippen LogP contribution in [-0.2, 0) is 9.53 Å². The zero-order chi connectivity index (χ0) is 10.0. The summed E-state index contributed by atoms with van der Waals surface area (Å²) in [5, 5.41) is 12.1. The number of aliphatic carboxylic acids is 1. The Hall–Kier alpha value is -0.610. The molecule has 2 aliphatic rings. The Morgan fingerprint density at radius 3 is 2.71 bits per heavy atom. The van der Waals surface area contributed by atoms with E-state index in [2.05, 4.69) is 5.32 Å². The average Bonchev–Trinajstić information content (AvgIpc) is 2.58. The van der Waals surface area contributed by atoms with E-state index in [1.165, 1.54) is 25.7 Å². The second-order valence-corrected chi connectivity index (χ2v) is 4.40. The Kier molecular flexibility index (Phi) is 2.74. The summed E-state index contributed by atoms with van der Waals surface area (Å²) in [5.74, 6) is -0.779. The van der Waals surface area contributed by atoms with Crippen LogP contribution in [0, 0.1) is 0 Å². The number of nitrogens with one attached hydrogen (secondary N) is 1. The number of carbonyl (C=O) groups is 1. The molecule has 0 aromatic heterocycles. The molecule has 1 aliphatic carbocycles. The summed E-state index contributed by atoms with van der Waals surface area (Å²) >= 11 is 0.